The van der Waals surface area contributed by atoms with Gasteiger partial charge < -0.3 is 24.6 Å². The van der Waals surface area contributed by atoms with Crippen LogP contribution in [-0.2, 0) is 11.2 Å². The summed E-state index contributed by atoms with van der Waals surface area (Å²) in [7, 11) is 5.90. The number of methoxy groups -OCH3 is 1. The van der Waals surface area contributed by atoms with Gasteiger partial charge in [-0.15, -0.1) is 0 Å². The number of para-hydroxylation sites is 2. The summed E-state index contributed by atoms with van der Waals surface area (Å²) < 4.78 is 11.0. The van der Waals surface area contributed by atoms with Crippen LogP contribution in [0.1, 0.15) is 17.2 Å². The third-order valence-electron chi connectivity index (χ3n) is 6.52. The number of carbonyl (C=O) groups is 1. The molecule has 0 saturated carbocycles. The second-order valence-electron chi connectivity index (χ2n) is 8.66. The van der Waals surface area contributed by atoms with Gasteiger partial charge in [-0.25, -0.2) is 0 Å². The van der Waals surface area contributed by atoms with Crippen LogP contribution in [0.4, 0.5) is 5.69 Å². The third kappa shape index (κ3) is 5.16. The van der Waals surface area contributed by atoms with E-state index in [0.717, 1.165) is 39.1 Å². The number of hydrogen-bond acceptors (Lipinski definition) is 6. The van der Waals surface area contributed by atoms with E-state index in [9.17, 15) is 4.79 Å². The molecule has 32 heavy (non-hydrogen) atoms. The van der Waals surface area contributed by atoms with Crippen LogP contribution in [0.3, 0.4) is 0 Å². The summed E-state index contributed by atoms with van der Waals surface area (Å²) >= 11 is 0. The molecule has 2 aliphatic heterocycles. The number of carbonyl (C=O) groups excluding carboxylic acids is 1. The maximum atomic E-state index is 12.6. The Hall–Kier alpha value is -2.77. The zero-order chi connectivity index (χ0) is 22.5. The first kappa shape index (κ1) is 22.4. The van der Waals surface area contributed by atoms with Crippen molar-refractivity contribution in [2.24, 2.45) is 0 Å². The van der Waals surface area contributed by atoms with Crippen molar-refractivity contribution in [3.05, 3.63) is 53.6 Å². The van der Waals surface area contributed by atoms with Crippen LogP contribution in [0.15, 0.2) is 42.5 Å². The number of piperazine rings is 1. The first-order valence-corrected chi connectivity index (χ1v) is 11.3. The van der Waals surface area contributed by atoms with Gasteiger partial charge in [0.2, 0.25) is 0 Å². The van der Waals surface area contributed by atoms with Crippen molar-refractivity contribution in [2.75, 3.05) is 72.0 Å². The fraction of sp³-hybridized carbons (Fsp3) is 0.480. The average Bonchev–Trinajstić information content (AvgIpc) is 3.19. The molecular weight excluding hydrogens is 404 g/mol. The summed E-state index contributed by atoms with van der Waals surface area (Å²) in [5.74, 6) is 1.07. The van der Waals surface area contributed by atoms with Gasteiger partial charge >= 0.3 is 0 Å². The highest BCUT2D eigenvalue weighted by Crippen LogP contribution is 2.31. The van der Waals surface area contributed by atoms with E-state index >= 15 is 0 Å². The molecule has 2 heterocycles. The molecule has 1 amide bonds. The molecule has 172 valence electrons. The van der Waals surface area contributed by atoms with E-state index in [1.165, 1.54) is 16.8 Å². The fourth-order valence-electron chi connectivity index (χ4n) is 4.53. The molecule has 2 aromatic rings. The molecule has 0 bridgehead atoms. The number of benzene rings is 2. The Morgan fingerprint density at radius 2 is 1.78 bits per heavy atom. The molecule has 2 aromatic carbocycles. The van der Waals surface area contributed by atoms with Gasteiger partial charge in [0, 0.05) is 52.0 Å². The molecule has 7 heteroatoms. The molecule has 1 fully saturated rings. The van der Waals surface area contributed by atoms with Gasteiger partial charge in [0.05, 0.1) is 13.2 Å². The first-order chi connectivity index (χ1) is 15.5. The smallest absolute Gasteiger partial charge is 0.258 e. The van der Waals surface area contributed by atoms with Crippen molar-refractivity contribution in [1.29, 1.82) is 0 Å². The summed E-state index contributed by atoms with van der Waals surface area (Å²) in [6, 6.07) is 14.3. The lowest BCUT2D eigenvalue weighted by Gasteiger charge is -2.38. The lowest BCUT2D eigenvalue weighted by atomic mass is 10.00. The Morgan fingerprint density at radius 3 is 2.53 bits per heavy atom. The molecule has 1 atom stereocenters. The molecule has 0 radical (unpaired) electrons. The number of amides is 1. The van der Waals surface area contributed by atoms with E-state index in [2.05, 4.69) is 52.3 Å². The zero-order valence-electron chi connectivity index (χ0n) is 19.3. The monoisotopic (exact) mass is 438 g/mol. The standard InChI is InChI=1S/C25H34N4O3/c1-27-12-14-29(15-13-27)22(19-8-9-21-20(16-19)10-11-28(21)2)17-26-25(30)18-32-24-7-5-4-6-23(24)31-3/h4-9,16,22H,10-15,17-18H2,1-3H3,(H,26,30). The van der Waals surface area contributed by atoms with Crippen LogP contribution in [0.2, 0.25) is 0 Å². The number of nitrogens with one attached hydrogen (secondary N) is 1. The van der Waals surface area contributed by atoms with Gasteiger partial charge in [0.1, 0.15) is 0 Å². The minimum Gasteiger partial charge on any atom is -0.493 e. The highest BCUT2D eigenvalue weighted by Gasteiger charge is 2.26. The molecule has 7 nitrogen and oxygen atoms in total. The number of rotatable bonds is 8. The molecule has 1 saturated heterocycles. The summed E-state index contributed by atoms with van der Waals surface area (Å²) in [5, 5.41) is 3.10. The molecule has 2 aliphatic rings. The second kappa shape index (κ2) is 10.2. The number of nitrogens with zero attached hydrogens (tertiary/aromatic N) is 3. The van der Waals surface area contributed by atoms with E-state index in [0.29, 0.717) is 18.0 Å². The van der Waals surface area contributed by atoms with Crippen LogP contribution in [0.25, 0.3) is 0 Å². The van der Waals surface area contributed by atoms with E-state index < -0.39 is 0 Å². The number of ether oxygens (including phenoxy) is 2. The lowest BCUT2D eigenvalue weighted by Crippen LogP contribution is -2.48. The zero-order valence-corrected chi connectivity index (χ0v) is 19.3. The predicted molar refractivity (Wildman–Crippen MR) is 127 cm³/mol. The molecule has 1 unspecified atom stereocenters. The Morgan fingerprint density at radius 1 is 1.03 bits per heavy atom. The van der Waals surface area contributed by atoms with E-state index in [-0.39, 0.29) is 18.6 Å². The fourth-order valence-corrected chi connectivity index (χ4v) is 4.53. The van der Waals surface area contributed by atoms with E-state index in [1.807, 2.05) is 18.2 Å². The van der Waals surface area contributed by atoms with Gasteiger partial charge in [-0.2, -0.15) is 0 Å². The largest absolute Gasteiger partial charge is 0.493 e. The SMILES string of the molecule is COc1ccccc1OCC(=O)NCC(c1ccc2c(c1)CCN2C)N1CCN(C)CC1. The molecule has 4 rings (SSSR count). The number of fused-ring (bicyclic) bond motifs is 1. The van der Waals surface area contributed by atoms with Crippen LogP contribution in [0.5, 0.6) is 11.5 Å². The van der Waals surface area contributed by atoms with Crippen molar-refractivity contribution in [1.82, 2.24) is 15.1 Å². The van der Waals surface area contributed by atoms with Crippen LogP contribution < -0.4 is 19.7 Å². The van der Waals surface area contributed by atoms with Crippen molar-refractivity contribution >= 4 is 11.6 Å². The van der Waals surface area contributed by atoms with E-state index in [4.69, 9.17) is 9.47 Å². The van der Waals surface area contributed by atoms with Crippen LogP contribution in [0, 0.1) is 0 Å². The lowest BCUT2D eigenvalue weighted by molar-refractivity contribution is -0.123. The Bertz CT molecular complexity index is 927. The number of hydrogen-bond donors (Lipinski definition) is 1. The van der Waals surface area contributed by atoms with Gasteiger partial charge in [0.15, 0.2) is 18.1 Å². The molecule has 0 aliphatic carbocycles. The molecule has 0 spiro atoms. The summed E-state index contributed by atoms with van der Waals surface area (Å²) in [5.41, 5.74) is 3.99. The van der Waals surface area contributed by atoms with Crippen molar-refractivity contribution in [2.45, 2.75) is 12.5 Å². The minimum atomic E-state index is -0.129. The highest BCUT2D eigenvalue weighted by atomic mass is 16.5. The topological polar surface area (TPSA) is 57.3 Å². The Kier molecular flexibility index (Phi) is 7.17. The van der Waals surface area contributed by atoms with Crippen molar-refractivity contribution in [3.8, 4) is 11.5 Å². The van der Waals surface area contributed by atoms with E-state index in [1.54, 1.807) is 13.2 Å². The minimum absolute atomic E-state index is 0.0369. The van der Waals surface area contributed by atoms with Crippen molar-refractivity contribution in [3.63, 3.8) is 0 Å². The Balaban J connectivity index is 1.42. The summed E-state index contributed by atoms with van der Waals surface area (Å²) in [6.07, 6.45) is 1.08. The molecular formula is C25H34N4O3. The summed E-state index contributed by atoms with van der Waals surface area (Å²) in [4.78, 5) is 19.8. The quantitative estimate of drug-likeness (QED) is 0.682. The normalized spacial score (nSPS) is 17.7. The Labute approximate surface area is 190 Å². The predicted octanol–water partition coefficient (Wildman–Crippen LogP) is 2.17. The molecule has 0 aromatic heterocycles. The van der Waals surface area contributed by atoms with Gasteiger partial charge in [-0.05, 0) is 42.8 Å². The first-order valence-electron chi connectivity index (χ1n) is 11.3. The third-order valence-corrected chi connectivity index (χ3v) is 6.52. The number of likely N-dealkylation sites (N-methyl/N-ethyl adjacent to an activating group) is 2. The number of anilines is 1. The summed E-state index contributed by atoms with van der Waals surface area (Å²) in [6.45, 7) is 5.65. The maximum absolute atomic E-state index is 12.6. The van der Waals surface area contributed by atoms with Gasteiger partial charge in [0.25, 0.3) is 5.91 Å². The average molecular weight is 439 g/mol. The molecule has 1 N–H and O–H groups in total. The highest BCUT2D eigenvalue weighted by molar-refractivity contribution is 5.77. The van der Waals surface area contributed by atoms with Crippen molar-refractivity contribution < 1.29 is 14.3 Å². The van der Waals surface area contributed by atoms with Crippen LogP contribution >= 0.6 is 0 Å². The van der Waals surface area contributed by atoms with Gasteiger partial charge in [-0.1, -0.05) is 24.3 Å². The van der Waals surface area contributed by atoms with Gasteiger partial charge in [-0.3, -0.25) is 9.69 Å². The maximum Gasteiger partial charge on any atom is 0.258 e. The van der Waals surface area contributed by atoms with Crippen LogP contribution in [-0.4, -0.2) is 82.8 Å². The second-order valence-corrected chi connectivity index (χ2v) is 8.66.